The van der Waals surface area contributed by atoms with Gasteiger partial charge in [0.05, 0.1) is 4.92 Å². The molecule has 2 rings (SSSR count). The Morgan fingerprint density at radius 1 is 1.25 bits per heavy atom. The molecule has 0 saturated heterocycles. The van der Waals surface area contributed by atoms with E-state index in [0.717, 1.165) is 11.1 Å². The topological polar surface area (TPSA) is 55.2 Å². The quantitative estimate of drug-likeness (QED) is 0.669. The fourth-order valence-corrected chi connectivity index (χ4v) is 1.90. The van der Waals surface area contributed by atoms with Crippen molar-refractivity contribution in [3.63, 3.8) is 0 Å². The maximum atomic E-state index is 13.1. The molecule has 1 unspecified atom stereocenters. The van der Waals surface area contributed by atoms with Gasteiger partial charge in [0.25, 0.3) is 5.69 Å². The Balaban J connectivity index is 1.96. The van der Waals surface area contributed by atoms with E-state index in [1.807, 2.05) is 13.0 Å². The first-order valence-corrected chi connectivity index (χ1v) is 6.28. The van der Waals surface area contributed by atoms with Gasteiger partial charge in [0.2, 0.25) is 0 Å². The molecular weight excluding hydrogens is 259 g/mol. The summed E-state index contributed by atoms with van der Waals surface area (Å²) in [6.07, 6.45) is 0. The zero-order valence-corrected chi connectivity index (χ0v) is 11.0. The molecule has 0 radical (unpaired) electrons. The van der Waals surface area contributed by atoms with Crippen LogP contribution in [0.25, 0.3) is 0 Å². The number of rotatable bonds is 5. The van der Waals surface area contributed by atoms with E-state index in [0.29, 0.717) is 6.54 Å². The highest BCUT2D eigenvalue weighted by Gasteiger charge is 2.07. The van der Waals surface area contributed by atoms with Crippen LogP contribution in [0.4, 0.5) is 10.1 Å². The molecule has 0 saturated carbocycles. The zero-order chi connectivity index (χ0) is 14.5. The molecule has 1 N–H and O–H groups in total. The second-order valence-electron chi connectivity index (χ2n) is 4.58. The lowest BCUT2D eigenvalue weighted by atomic mass is 10.1. The van der Waals surface area contributed by atoms with E-state index in [2.05, 4.69) is 5.32 Å². The summed E-state index contributed by atoms with van der Waals surface area (Å²) in [5, 5.41) is 13.8. The second kappa shape index (κ2) is 6.25. The molecule has 20 heavy (non-hydrogen) atoms. The normalized spacial score (nSPS) is 12.1. The number of nitrogens with zero attached hydrogens (tertiary/aromatic N) is 1. The van der Waals surface area contributed by atoms with Crippen LogP contribution in [0.3, 0.4) is 0 Å². The number of nitrogens with one attached hydrogen (secondary N) is 1. The van der Waals surface area contributed by atoms with Crippen molar-refractivity contribution in [1.82, 2.24) is 5.32 Å². The number of hydrogen-bond donors (Lipinski definition) is 1. The Morgan fingerprint density at radius 3 is 2.55 bits per heavy atom. The van der Waals surface area contributed by atoms with Crippen molar-refractivity contribution in [3.05, 3.63) is 75.6 Å². The fourth-order valence-electron chi connectivity index (χ4n) is 1.90. The number of hydrogen-bond acceptors (Lipinski definition) is 3. The largest absolute Gasteiger partial charge is 0.306 e. The Hall–Kier alpha value is -2.27. The van der Waals surface area contributed by atoms with Crippen LogP contribution in [0.5, 0.6) is 0 Å². The molecule has 4 nitrogen and oxygen atoms in total. The Kier molecular flexibility index (Phi) is 4.42. The molecule has 2 aromatic rings. The minimum atomic E-state index is -0.424. The molecule has 0 aliphatic rings. The van der Waals surface area contributed by atoms with Gasteiger partial charge in [0.1, 0.15) is 5.82 Å². The average molecular weight is 274 g/mol. The van der Waals surface area contributed by atoms with E-state index in [1.165, 1.54) is 24.3 Å². The van der Waals surface area contributed by atoms with Crippen molar-refractivity contribution in [3.8, 4) is 0 Å². The van der Waals surface area contributed by atoms with E-state index in [9.17, 15) is 14.5 Å². The number of benzene rings is 2. The van der Waals surface area contributed by atoms with Crippen LogP contribution in [0.2, 0.25) is 0 Å². The summed E-state index contributed by atoms with van der Waals surface area (Å²) in [4.78, 5) is 10.1. The van der Waals surface area contributed by atoms with Crippen molar-refractivity contribution < 1.29 is 9.31 Å². The molecule has 1 atom stereocenters. The predicted octanol–water partition coefficient (Wildman–Crippen LogP) is 3.58. The van der Waals surface area contributed by atoms with Gasteiger partial charge in [-0.05, 0) is 30.2 Å². The lowest BCUT2D eigenvalue weighted by Gasteiger charge is -2.14. The standard InChI is InChI=1S/C15H15FN2O2/c1-11(13-3-2-4-14(16)9-13)17-10-12-5-7-15(8-6-12)18(19)20/h2-9,11,17H,10H2,1H3. The monoisotopic (exact) mass is 274 g/mol. The van der Waals surface area contributed by atoms with Crippen LogP contribution >= 0.6 is 0 Å². The van der Waals surface area contributed by atoms with Gasteiger partial charge < -0.3 is 5.32 Å². The van der Waals surface area contributed by atoms with E-state index < -0.39 is 4.92 Å². The summed E-state index contributed by atoms with van der Waals surface area (Å²) in [6, 6.07) is 12.8. The van der Waals surface area contributed by atoms with Crippen molar-refractivity contribution in [1.29, 1.82) is 0 Å². The summed E-state index contributed by atoms with van der Waals surface area (Å²) in [6.45, 7) is 2.51. The van der Waals surface area contributed by atoms with Gasteiger partial charge in [-0.25, -0.2) is 4.39 Å². The van der Waals surface area contributed by atoms with E-state index in [-0.39, 0.29) is 17.5 Å². The van der Waals surface area contributed by atoms with Crippen LogP contribution in [-0.2, 0) is 6.54 Å². The first-order valence-electron chi connectivity index (χ1n) is 6.28. The van der Waals surface area contributed by atoms with E-state index in [1.54, 1.807) is 18.2 Å². The van der Waals surface area contributed by atoms with E-state index in [4.69, 9.17) is 0 Å². The van der Waals surface area contributed by atoms with Gasteiger partial charge in [-0.2, -0.15) is 0 Å². The molecular formula is C15H15FN2O2. The summed E-state index contributed by atoms with van der Waals surface area (Å²) < 4.78 is 13.1. The molecule has 0 aliphatic heterocycles. The summed E-state index contributed by atoms with van der Waals surface area (Å²) in [7, 11) is 0. The summed E-state index contributed by atoms with van der Waals surface area (Å²) in [5.41, 5.74) is 1.89. The number of non-ortho nitro benzene ring substituents is 1. The third-order valence-corrected chi connectivity index (χ3v) is 3.11. The smallest absolute Gasteiger partial charge is 0.269 e. The Bertz CT molecular complexity index is 599. The highest BCUT2D eigenvalue weighted by molar-refractivity contribution is 5.32. The third-order valence-electron chi connectivity index (χ3n) is 3.11. The van der Waals surface area contributed by atoms with Gasteiger partial charge in [-0.1, -0.05) is 24.3 Å². The molecule has 0 spiro atoms. The number of halogens is 1. The molecule has 0 bridgehead atoms. The van der Waals surface area contributed by atoms with Crippen LogP contribution < -0.4 is 5.32 Å². The molecule has 0 aliphatic carbocycles. The highest BCUT2D eigenvalue weighted by Crippen LogP contribution is 2.16. The molecule has 0 fully saturated rings. The minimum Gasteiger partial charge on any atom is -0.306 e. The van der Waals surface area contributed by atoms with Crippen molar-refractivity contribution in [2.45, 2.75) is 19.5 Å². The van der Waals surface area contributed by atoms with Crippen molar-refractivity contribution in [2.24, 2.45) is 0 Å². The maximum absolute atomic E-state index is 13.1. The van der Waals surface area contributed by atoms with Crippen LogP contribution in [0, 0.1) is 15.9 Å². The summed E-state index contributed by atoms with van der Waals surface area (Å²) in [5.74, 6) is -0.258. The van der Waals surface area contributed by atoms with Gasteiger partial charge >= 0.3 is 0 Å². The predicted molar refractivity (Wildman–Crippen MR) is 74.8 cm³/mol. The fraction of sp³-hybridized carbons (Fsp3) is 0.200. The average Bonchev–Trinajstić information content (AvgIpc) is 2.45. The van der Waals surface area contributed by atoms with Gasteiger partial charge in [0.15, 0.2) is 0 Å². The Labute approximate surface area is 116 Å². The van der Waals surface area contributed by atoms with Crippen molar-refractivity contribution >= 4 is 5.69 Å². The van der Waals surface area contributed by atoms with E-state index >= 15 is 0 Å². The number of nitro groups is 1. The van der Waals surface area contributed by atoms with Gasteiger partial charge in [0, 0.05) is 24.7 Å². The molecule has 0 heterocycles. The first kappa shape index (κ1) is 14.1. The van der Waals surface area contributed by atoms with Crippen LogP contribution in [0.15, 0.2) is 48.5 Å². The van der Waals surface area contributed by atoms with Crippen LogP contribution in [0.1, 0.15) is 24.1 Å². The SMILES string of the molecule is CC(NCc1ccc([N+](=O)[O-])cc1)c1cccc(F)c1. The lowest BCUT2D eigenvalue weighted by molar-refractivity contribution is -0.384. The molecule has 0 aromatic heterocycles. The van der Waals surface area contributed by atoms with Gasteiger partial charge in [-0.15, -0.1) is 0 Å². The molecule has 2 aromatic carbocycles. The highest BCUT2D eigenvalue weighted by atomic mass is 19.1. The first-order chi connectivity index (χ1) is 9.56. The lowest BCUT2D eigenvalue weighted by Crippen LogP contribution is -2.18. The number of nitro benzene ring substituents is 1. The van der Waals surface area contributed by atoms with Crippen LogP contribution in [-0.4, -0.2) is 4.92 Å². The minimum absolute atomic E-state index is 0.000826. The Morgan fingerprint density at radius 2 is 1.95 bits per heavy atom. The van der Waals surface area contributed by atoms with Gasteiger partial charge in [-0.3, -0.25) is 10.1 Å². The molecule has 0 amide bonds. The third kappa shape index (κ3) is 3.61. The summed E-state index contributed by atoms with van der Waals surface area (Å²) >= 11 is 0. The zero-order valence-electron chi connectivity index (χ0n) is 11.0. The van der Waals surface area contributed by atoms with Crippen molar-refractivity contribution in [2.75, 3.05) is 0 Å². The molecule has 5 heteroatoms. The maximum Gasteiger partial charge on any atom is 0.269 e. The molecule has 104 valence electrons. The second-order valence-corrected chi connectivity index (χ2v) is 4.58.